The summed E-state index contributed by atoms with van der Waals surface area (Å²) in [6, 6.07) is 6.57. The van der Waals surface area contributed by atoms with E-state index in [9.17, 15) is 48.3 Å². The second-order valence-corrected chi connectivity index (χ2v) is 18.2. The van der Waals surface area contributed by atoms with Crippen LogP contribution in [-0.2, 0) is 60.9 Å². The number of aliphatic hydroxyl groups is 1. The number of alkyl carbamates (subject to hydrolysis) is 1. The number of likely N-dealkylation sites (N-methyl/N-ethyl adjacent to an activating group) is 1. The minimum atomic E-state index is -1.77. The number of piperidine rings is 1. The third kappa shape index (κ3) is 15.2. The molecule has 20 heteroatoms. The van der Waals surface area contributed by atoms with Crippen LogP contribution in [0.4, 0.5) is 4.79 Å². The predicted molar refractivity (Wildman–Crippen MR) is 250 cm³/mol. The van der Waals surface area contributed by atoms with Crippen molar-refractivity contribution in [1.29, 1.82) is 0 Å². The highest BCUT2D eigenvalue weighted by Gasteiger charge is 2.46. The second kappa shape index (κ2) is 25.4. The first-order valence-corrected chi connectivity index (χ1v) is 23.1. The van der Waals surface area contributed by atoms with Crippen LogP contribution in [0.3, 0.4) is 0 Å². The van der Waals surface area contributed by atoms with Crippen molar-refractivity contribution in [2.24, 2.45) is 11.8 Å². The number of hydrogen-bond donors (Lipinski definition) is 7. The molecule has 4 rings (SSSR count). The number of terminal acetylenes is 1. The maximum absolute atomic E-state index is 14.7. The van der Waals surface area contributed by atoms with Crippen molar-refractivity contribution in [3.63, 3.8) is 0 Å². The lowest BCUT2D eigenvalue weighted by Gasteiger charge is -2.43. The standard InChI is InChI=1S/C49H66N8O12/c1-10-17-34-43(61)53-35-22-23-38(58)57(46(35)64)37(24-27(2)3)47(65)56(9)36(25-32-18-13-11-14-19-32)44(62)54-39(28(4)5)48(66)69-31(8)40(45(63)52-34)55-42(60)29(6)50-41(59)30(7)51-49(67)68-26-33-20-15-12-16-21-33/h1,11-16,18-21,27-31,34-40,58H,17,22-26H2,2-9H3,(H,50,59)(H,51,67)(H,52,63)(H,53,61)(H,54,62)(H,55,60)/t29-,30?,31+,34-,35-,36-,37-,38+,39-,40-/m0/s1. The quantitative estimate of drug-likeness (QED) is 0.109. The van der Waals surface area contributed by atoms with Gasteiger partial charge in [-0.25, -0.2) is 9.59 Å². The topological polar surface area (TPSA) is 271 Å². The van der Waals surface area contributed by atoms with Gasteiger partial charge in [0.1, 0.15) is 67.3 Å². The van der Waals surface area contributed by atoms with Crippen molar-refractivity contribution in [2.75, 3.05) is 7.05 Å². The molecule has 2 aliphatic rings. The van der Waals surface area contributed by atoms with Gasteiger partial charge in [-0.2, -0.15) is 0 Å². The van der Waals surface area contributed by atoms with E-state index >= 15 is 0 Å². The number of esters is 1. The Morgan fingerprint density at radius 3 is 2.00 bits per heavy atom. The first-order chi connectivity index (χ1) is 32.6. The number of amides is 8. The smallest absolute Gasteiger partial charge is 0.408 e. The molecule has 7 N–H and O–H groups in total. The molecule has 2 fully saturated rings. The molecule has 10 atom stereocenters. The number of hydrogen-bond acceptors (Lipinski definition) is 12. The number of carbonyl (C=O) groups is 9. The molecule has 2 aliphatic heterocycles. The molecule has 0 aromatic heterocycles. The summed E-state index contributed by atoms with van der Waals surface area (Å²) in [4.78, 5) is 127. The Bertz CT molecular complexity index is 2200. The van der Waals surface area contributed by atoms with Gasteiger partial charge in [0.25, 0.3) is 0 Å². The highest BCUT2D eigenvalue weighted by atomic mass is 16.6. The van der Waals surface area contributed by atoms with Gasteiger partial charge in [-0.15, -0.1) is 12.3 Å². The van der Waals surface area contributed by atoms with E-state index in [0.29, 0.717) is 11.1 Å². The fraction of sp³-hybridized carbons (Fsp3) is 0.531. The SMILES string of the molecule is C#CC[C@@H]1NC(=O)[C@@H](NC(=O)[C@H](C)NC(=O)C(C)NC(=O)OCc2ccccc2)[C@@H](C)OC(=O)[C@H](C(C)C)NC(=O)[C@H](Cc2ccccc2)N(C)C(=O)[C@H](CC(C)C)N2C(=O)[C@H](CC[C@H]2O)NC1=O. The Kier molecular flexibility index (Phi) is 20.1. The number of carbonyl (C=O) groups excluding carboxylic acids is 9. The zero-order chi connectivity index (χ0) is 51.1. The molecule has 2 aromatic rings. The lowest BCUT2D eigenvalue weighted by molar-refractivity contribution is -0.166. The van der Waals surface area contributed by atoms with E-state index < -0.39 is 126 Å². The molecule has 1 unspecified atom stereocenters. The lowest BCUT2D eigenvalue weighted by Crippen LogP contribution is -2.65. The van der Waals surface area contributed by atoms with Crippen LogP contribution < -0.4 is 31.9 Å². The summed E-state index contributed by atoms with van der Waals surface area (Å²) in [5.41, 5.74) is 1.37. The molecule has 0 spiro atoms. The maximum Gasteiger partial charge on any atom is 0.408 e. The lowest BCUT2D eigenvalue weighted by atomic mass is 9.94. The highest BCUT2D eigenvalue weighted by Crippen LogP contribution is 2.26. The van der Waals surface area contributed by atoms with E-state index in [1.54, 1.807) is 74.5 Å². The van der Waals surface area contributed by atoms with E-state index in [2.05, 4.69) is 37.8 Å². The Labute approximate surface area is 402 Å². The van der Waals surface area contributed by atoms with Crippen molar-refractivity contribution in [2.45, 2.75) is 148 Å². The van der Waals surface area contributed by atoms with Gasteiger partial charge in [-0.3, -0.25) is 33.6 Å². The zero-order valence-electron chi connectivity index (χ0n) is 40.4. The average Bonchev–Trinajstić information content (AvgIpc) is 3.30. The van der Waals surface area contributed by atoms with Crippen molar-refractivity contribution in [3.8, 4) is 12.3 Å². The summed E-state index contributed by atoms with van der Waals surface area (Å²) in [6.45, 7) is 10.8. The molecule has 0 saturated carbocycles. The van der Waals surface area contributed by atoms with E-state index in [1.807, 2.05) is 13.8 Å². The Balaban J connectivity index is 1.69. The van der Waals surface area contributed by atoms with Crippen LogP contribution in [0.2, 0.25) is 0 Å². The van der Waals surface area contributed by atoms with Crippen LogP contribution in [-0.4, -0.2) is 136 Å². The summed E-state index contributed by atoms with van der Waals surface area (Å²) < 4.78 is 11.0. The summed E-state index contributed by atoms with van der Waals surface area (Å²) in [5.74, 6) is -5.48. The largest absolute Gasteiger partial charge is 0.458 e. The molecule has 0 radical (unpaired) electrons. The van der Waals surface area contributed by atoms with Gasteiger partial charge in [-0.05, 0) is 63.0 Å². The highest BCUT2D eigenvalue weighted by molar-refractivity contribution is 5.98. The van der Waals surface area contributed by atoms with Gasteiger partial charge in [0.15, 0.2) is 0 Å². The zero-order valence-corrected chi connectivity index (χ0v) is 40.4. The molecule has 2 aromatic carbocycles. The van der Waals surface area contributed by atoms with E-state index in [4.69, 9.17) is 15.9 Å². The van der Waals surface area contributed by atoms with Crippen LogP contribution in [0.5, 0.6) is 0 Å². The first kappa shape index (κ1) is 54.6. The van der Waals surface area contributed by atoms with Gasteiger partial charge in [0.2, 0.25) is 41.4 Å². The summed E-state index contributed by atoms with van der Waals surface area (Å²) in [5, 5.41) is 26.5. The van der Waals surface area contributed by atoms with Gasteiger partial charge < -0.3 is 56.3 Å². The van der Waals surface area contributed by atoms with Gasteiger partial charge >= 0.3 is 12.1 Å². The molecule has 8 amide bonds. The number of nitrogens with one attached hydrogen (secondary N) is 6. The van der Waals surface area contributed by atoms with Gasteiger partial charge in [0.05, 0.1) is 0 Å². The number of nitrogens with zero attached hydrogens (tertiary/aromatic N) is 2. The molecule has 2 heterocycles. The third-order valence-corrected chi connectivity index (χ3v) is 11.8. The number of cyclic esters (lactones) is 1. The summed E-state index contributed by atoms with van der Waals surface area (Å²) in [7, 11) is 1.40. The second-order valence-electron chi connectivity index (χ2n) is 18.2. The molecule has 0 aliphatic carbocycles. The number of aliphatic hydroxyl groups excluding tert-OH is 1. The molecule has 374 valence electrons. The maximum atomic E-state index is 14.7. The van der Waals surface area contributed by atoms with Crippen LogP contribution in [0.25, 0.3) is 0 Å². The normalized spacial score (nSPS) is 25.0. The summed E-state index contributed by atoms with van der Waals surface area (Å²) in [6.07, 6.45) is 1.30. The van der Waals surface area contributed by atoms with E-state index in [-0.39, 0.29) is 38.2 Å². The van der Waals surface area contributed by atoms with Crippen LogP contribution in [0, 0.1) is 24.2 Å². The van der Waals surface area contributed by atoms with Gasteiger partial charge in [0, 0.05) is 19.9 Å². The average molecular weight is 959 g/mol. The molecule has 69 heavy (non-hydrogen) atoms. The number of ether oxygens (including phenoxy) is 2. The van der Waals surface area contributed by atoms with Crippen molar-refractivity contribution in [1.82, 2.24) is 41.7 Å². The molecular weight excluding hydrogens is 893 g/mol. The summed E-state index contributed by atoms with van der Waals surface area (Å²) >= 11 is 0. The van der Waals surface area contributed by atoms with E-state index in [0.717, 1.165) is 4.90 Å². The fourth-order valence-corrected chi connectivity index (χ4v) is 7.83. The molecule has 20 nitrogen and oxygen atoms in total. The monoisotopic (exact) mass is 958 g/mol. The minimum Gasteiger partial charge on any atom is -0.458 e. The van der Waals surface area contributed by atoms with Gasteiger partial charge in [-0.1, -0.05) is 88.4 Å². The van der Waals surface area contributed by atoms with Crippen LogP contribution in [0.15, 0.2) is 60.7 Å². The van der Waals surface area contributed by atoms with Crippen molar-refractivity contribution < 1.29 is 57.7 Å². The Hall–Kier alpha value is -7.01. The number of benzene rings is 2. The minimum absolute atomic E-state index is 0.0263. The van der Waals surface area contributed by atoms with Crippen LogP contribution in [0.1, 0.15) is 85.3 Å². The first-order valence-electron chi connectivity index (χ1n) is 23.1. The van der Waals surface area contributed by atoms with Crippen LogP contribution >= 0.6 is 0 Å². The van der Waals surface area contributed by atoms with E-state index in [1.165, 1.54) is 32.7 Å². The Morgan fingerprint density at radius 1 is 0.797 bits per heavy atom. The predicted octanol–water partition coefficient (Wildman–Crippen LogP) is 0.795. The fourth-order valence-electron chi connectivity index (χ4n) is 7.83. The van der Waals surface area contributed by atoms with Crippen molar-refractivity contribution >= 4 is 53.4 Å². The Morgan fingerprint density at radius 2 is 1.41 bits per heavy atom. The molecule has 2 bridgehead atoms. The number of fused-ring (bicyclic) bond motifs is 2. The molecule has 2 saturated heterocycles. The van der Waals surface area contributed by atoms with Crippen molar-refractivity contribution in [3.05, 3.63) is 71.8 Å². The molecular formula is C49H66N8O12. The third-order valence-electron chi connectivity index (χ3n) is 11.8. The number of rotatable bonds is 13.